The van der Waals surface area contributed by atoms with E-state index in [1.807, 2.05) is 12.1 Å². The Morgan fingerprint density at radius 1 is 1.19 bits per heavy atom. The zero-order valence-corrected chi connectivity index (χ0v) is 9.39. The van der Waals surface area contributed by atoms with E-state index in [0.29, 0.717) is 0 Å². The van der Waals surface area contributed by atoms with E-state index in [1.165, 1.54) is 5.69 Å². The van der Waals surface area contributed by atoms with E-state index in [2.05, 4.69) is 22.2 Å². The van der Waals surface area contributed by atoms with Gasteiger partial charge in [-0.2, -0.15) is 0 Å². The first kappa shape index (κ1) is 10.8. The Labute approximate surface area is 95.1 Å². The third kappa shape index (κ3) is 2.27. The van der Waals surface area contributed by atoms with Crippen LogP contribution in [-0.2, 0) is 0 Å². The monoisotopic (exact) mass is 220 g/mol. The van der Waals surface area contributed by atoms with Gasteiger partial charge in [0.2, 0.25) is 0 Å². The predicted octanol–water partition coefficient (Wildman–Crippen LogP) is 2.13. The highest BCUT2D eigenvalue weighted by Crippen LogP contribution is 2.21. The summed E-state index contributed by atoms with van der Waals surface area (Å²) < 4.78 is 5.12. The number of methoxy groups -OCH3 is 1. The minimum atomic E-state index is 0.836. The number of hydrogen-bond acceptors (Lipinski definition) is 4. The van der Waals surface area contributed by atoms with Gasteiger partial charge in [0.25, 0.3) is 0 Å². The fourth-order valence-electron chi connectivity index (χ4n) is 1.92. The molecule has 1 aromatic rings. The maximum Gasteiger partial charge on any atom is 0.119 e. The van der Waals surface area contributed by atoms with Gasteiger partial charge >= 0.3 is 0 Å². The van der Waals surface area contributed by atoms with Gasteiger partial charge in [-0.15, -0.1) is 0 Å². The molecule has 0 bridgehead atoms. The Hall–Kier alpha value is -1.71. The van der Waals surface area contributed by atoms with E-state index in [1.54, 1.807) is 7.11 Å². The normalized spacial score (nSPS) is 16.1. The van der Waals surface area contributed by atoms with Crippen LogP contribution in [0.3, 0.4) is 0 Å². The standard InChI is InChI=1S/C12H16N2O2/c1-16-12-4-2-11(3-5-12)14-8-6-10(13-15)7-9-14/h2-5,15H,6-9H2,1H3. The molecule has 1 saturated heterocycles. The van der Waals surface area contributed by atoms with E-state index < -0.39 is 0 Å². The molecule has 0 spiro atoms. The summed E-state index contributed by atoms with van der Waals surface area (Å²) >= 11 is 0. The van der Waals surface area contributed by atoms with E-state index in [9.17, 15) is 0 Å². The number of rotatable bonds is 2. The molecule has 0 atom stereocenters. The summed E-state index contributed by atoms with van der Waals surface area (Å²) in [5, 5.41) is 11.9. The van der Waals surface area contributed by atoms with Crippen molar-refractivity contribution in [1.29, 1.82) is 0 Å². The Bertz CT molecular complexity index is 363. The van der Waals surface area contributed by atoms with Crippen LogP contribution in [0.5, 0.6) is 5.75 Å². The topological polar surface area (TPSA) is 45.1 Å². The summed E-state index contributed by atoms with van der Waals surface area (Å²) in [6, 6.07) is 8.04. The van der Waals surface area contributed by atoms with Crippen LogP contribution in [0.4, 0.5) is 5.69 Å². The molecule has 86 valence electrons. The summed E-state index contributed by atoms with van der Waals surface area (Å²) in [6.07, 6.45) is 1.67. The third-order valence-electron chi connectivity index (χ3n) is 2.92. The van der Waals surface area contributed by atoms with Gasteiger partial charge in [-0.1, -0.05) is 5.16 Å². The number of ether oxygens (including phenoxy) is 1. The lowest BCUT2D eigenvalue weighted by Crippen LogP contribution is -2.33. The zero-order chi connectivity index (χ0) is 11.4. The van der Waals surface area contributed by atoms with Gasteiger partial charge in [-0.05, 0) is 24.3 Å². The van der Waals surface area contributed by atoms with E-state index in [4.69, 9.17) is 9.94 Å². The lowest BCUT2D eigenvalue weighted by atomic mass is 10.1. The summed E-state index contributed by atoms with van der Waals surface area (Å²) in [5.74, 6) is 0.873. The molecule has 0 aliphatic carbocycles. The minimum absolute atomic E-state index is 0.836. The minimum Gasteiger partial charge on any atom is -0.497 e. The molecule has 16 heavy (non-hydrogen) atoms. The Morgan fingerprint density at radius 2 is 1.81 bits per heavy atom. The molecule has 0 radical (unpaired) electrons. The molecule has 4 heteroatoms. The highest BCUT2D eigenvalue weighted by Gasteiger charge is 2.15. The first-order chi connectivity index (χ1) is 7.83. The SMILES string of the molecule is COc1ccc(N2CCC(=NO)CC2)cc1. The molecule has 1 N–H and O–H groups in total. The molecule has 4 nitrogen and oxygen atoms in total. The average Bonchev–Trinajstić information content (AvgIpc) is 2.39. The van der Waals surface area contributed by atoms with Crippen LogP contribution in [0.2, 0.25) is 0 Å². The maximum absolute atomic E-state index is 8.67. The second-order valence-electron chi connectivity index (χ2n) is 3.85. The van der Waals surface area contributed by atoms with Crippen molar-refractivity contribution in [2.45, 2.75) is 12.8 Å². The molecule has 0 aromatic heterocycles. The van der Waals surface area contributed by atoms with Gasteiger partial charge in [-0.25, -0.2) is 0 Å². The van der Waals surface area contributed by atoms with Crippen LogP contribution in [0.1, 0.15) is 12.8 Å². The number of oxime groups is 1. The zero-order valence-electron chi connectivity index (χ0n) is 9.39. The highest BCUT2D eigenvalue weighted by atomic mass is 16.5. The van der Waals surface area contributed by atoms with Crippen molar-refractivity contribution in [2.75, 3.05) is 25.1 Å². The van der Waals surface area contributed by atoms with Crippen LogP contribution in [0.25, 0.3) is 0 Å². The molecule has 1 heterocycles. The quantitative estimate of drug-likeness (QED) is 0.613. The van der Waals surface area contributed by atoms with Crippen LogP contribution in [0.15, 0.2) is 29.4 Å². The van der Waals surface area contributed by atoms with Gasteiger partial charge in [-0.3, -0.25) is 0 Å². The molecule has 1 fully saturated rings. The summed E-state index contributed by atoms with van der Waals surface area (Å²) in [5.41, 5.74) is 2.09. The Balaban J connectivity index is 2.02. The van der Waals surface area contributed by atoms with Crippen LogP contribution < -0.4 is 9.64 Å². The summed E-state index contributed by atoms with van der Waals surface area (Å²) in [6.45, 7) is 1.82. The van der Waals surface area contributed by atoms with Crippen molar-refractivity contribution in [3.05, 3.63) is 24.3 Å². The maximum atomic E-state index is 8.67. The number of hydrogen-bond donors (Lipinski definition) is 1. The van der Waals surface area contributed by atoms with E-state index in [0.717, 1.165) is 37.4 Å². The first-order valence-corrected chi connectivity index (χ1v) is 5.42. The lowest BCUT2D eigenvalue weighted by molar-refractivity contribution is 0.315. The fraction of sp³-hybridized carbons (Fsp3) is 0.417. The van der Waals surface area contributed by atoms with Gasteiger partial charge in [0, 0.05) is 31.6 Å². The predicted molar refractivity (Wildman–Crippen MR) is 63.7 cm³/mol. The summed E-state index contributed by atoms with van der Waals surface area (Å²) in [7, 11) is 1.67. The third-order valence-corrected chi connectivity index (χ3v) is 2.92. The molecule has 1 aromatic carbocycles. The molecular formula is C12H16N2O2. The van der Waals surface area contributed by atoms with Gasteiger partial charge in [0.15, 0.2) is 0 Å². The second-order valence-corrected chi connectivity index (χ2v) is 3.85. The fourth-order valence-corrected chi connectivity index (χ4v) is 1.92. The largest absolute Gasteiger partial charge is 0.497 e. The van der Waals surface area contributed by atoms with Crippen molar-refractivity contribution in [1.82, 2.24) is 0 Å². The number of benzene rings is 1. The van der Waals surface area contributed by atoms with Crippen LogP contribution >= 0.6 is 0 Å². The molecule has 1 aliphatic heterocycles. The Kier molecular flexibility index (Phi) is 3.29. The van der Waals surface area contributed by atoms with Crippen LogP contribution in [0, 0.1) is 0 Å². The molecule has 0 saturated carbocycles. The number of nitrogens with zero attached hydrogens (tertiary/aromatic N) is 2. The van der Waals surface area contributed by atoms with Gasteiger partial charge in [0.05, 0.1) is 12.8 Å². The Morgan fingerprint density at radius 3 is 2.31 bits per heavy atom. The van der Waals surface area contributed by atoms with Crippen molar-refractivity contribution < 1.29 is 9.94 Å². The van der Waals surface area contributed by atoms with Gasteiger partial charge < -0.3 is 14.8 Å². The first-order valence-electron chi connectivity index (χ1n) is 5.42. The summed E-state index contributed by atoms with van der Waals surface area (Å²) in [4.78, 5) is 2.29. The molecule has 0 unspecified atom stereocenters. The molecule has 1 aliphatic rings. The number of anilines is 1. The van der Waals surface area contributed by atoms with Crippen molar-refractivity contribution in [3.8, 4) is 5.75 Å². The molecular weight excluding hydrogens is 204 g/mol. The molecule has 2 rings (SSSR count). The molecule has 0 amide bonds. The number of piperidine rings is 1. The highest BCUT2D eigenvalue weighted by molar-refractivity contribution is 5.86. The van der Waals surface area contributed by atoms with Gasteiger partial charge in [0.1, 0.15) is 5.75 Å². The van der Waals surface area contributed by atoms with E-state index >= 15 is 0 Å². The van der Waals surface area contributed by atoms with Crippen molar-refractivity contribution in [3.63, 3.8) is 0 Å². The van der Waals surface area contributed by atoms with E-state index in [-0.39, 0.29) is 0 Å². The average molecular weight is 220 g/mol. The van der Waals surface area contributed by atoms with Crippen LogP contribution in [-0.4, -0.2) is 31.1 Å². The van der Waals surface area contributed by atoms with Crippen molar-refractivity contribution >= 4 is 11.4 Å². The second kappa shape index (κ2) is 4.88. The smallest absolute Gasteiger partial charge is 0.119 e. The van der Waals surface area contributed by atoms with Crippen molar-refractivity contribution in [2.24, 2.45) is 5.16 Å². The lowest BCUT2D eigenvalue weighted by Gasteiger charge is -2.29.